The molecule has 2 aromatic heterocycles. The highest BCUT2D eigenvalue weighted by Gasteiger charge is 2.41. The molecule has 0 atom stereocenters. The molecule has 5 rings (SSSR count). The van der Waals surface area contributed by atoms with E-state index in [1.807, 2.05) is 24.4 Å². The largest absolute Gasteiger partial charge is 0.497 e. The molecule has 8 nitrogen and oxygen atoms in total. The van der Waals surface area contributed by atoms with Crippen LogP contribution in [0, 0.1) is 3.70 Å². The van der Waals surface area contributed by atoms with Gasteiger partial charge in [-0.25, -0.2) is 4.98 Å². The van der Waals surface area contributed by atoms with Gasteiger partial charge in [0.15, 0.2) is 5.79 Å². The van der Waals surface area contributed by atoms with E-state index in [2.05, 4.69) is 43.6 Å². The molecule has 170 valence electrons. The Bertz CT molecular complexity index is 1100. The lowest BCUT2D eigenvalue weighted by atomic mass is 9.90. The number of hydrogen-bond donors (Lipinski definition) is 1. The molecular weight excluding hydrogens is 523 g/mol. The van der Waals surface area contributed by atoms with Crippen molar-refractivity contribution in [3.8, 4) is 11.5 Å². The van der Waals surface area contributed by atoms with Crippen molar-refractivity contribution in [3.63, 3.8) is 0 Å². The number of anilines is 1. The third-order valence-electron chi connectivity index (χ3n) is 6.39. The summed E-state index contributed by atoms with van der Waals surface area (Å²) in [7, 11) is 3.32. The van der Waals surface area contributed by atoms with E-state index in [-0.39, 0.29) is 5.79 Å². The fourth-order valence-electron chi connectivity index (χ4n) is 4.71. The van der Waals surface area contributed by atoms with Crippen LogP contribution in [0.4, 0.5) is 5.82 Å². The topological polar surface area (TPSA) is 79.7 Å². The van der Waals surface area contributed by atoms with Crippen LogP contribution in [0.1, 0.15) is 37.3 Å². The van der Waals surface area contributed by atoms with Crippen molar-refractivity contribution < 1.29 is 18.9 Å². The number of ether oxygens (including phenoxy) is 4. The number of rotatable bonds is 6. The minimum absolute atomic E-state index is 0.330. The van der Waals surface area contributed by atoms with Crippen LogP contribution in [0.5, 0.6) is 11.5 Å². The summed E-state index contributed by atoms with van der Waals surface area (Å²) in [6, 6.07) is 8.21. The van der Waals surface area contributed by atoms with Crippen LogP contribution >= 0.6 is 22.6 Å². The molecule has 3 aromatic rings. The van der Waals surface area contributed by atoms with Crippen molar-refractivity contribution in [2.75, 3.05) is 32.8 Å². The summed E-state index contributed by atoms with van der Waals surface area (Å²) < 4.78 is 25.7. The van der Waals surface area contributed by atoms with Gasteiger partial charge < -0.3 is 24.3 Å². The van der Waals surface area contributed by atoms with Gasteiger partial charge in [-0.05, 0) is 53.6 Å². The number of benzene rings is 1. The summed E-state index contributed by atoms with van der Waals surface area (Å²) >= 11 is 2.31. The van der Waals surface area contributed by atoms with Gasteiger partial charge >= 0.3 is 0 Å². The van der Waals surface area contributed by atoms with Gasteiger partial charge in [0.2, 0.25) is 0 Å². The van der Waals surface area contributed by atoms with Gasteiger partial charge in [-0.1, -0.05) is 0 Å². The van der Waals surface area contributed by atoms with Crippen molar-refractivity contribution >= 4 is 39.3 Å². The standard InChI is InChI=1S/C23H27IN4O4/c1-29-17-4-3-15(19(13-17)30-2)14-26-22-20-18(7-10-25-22)28(27-21(20)24)16-5-8-23(9-6-16)31-11-12-32-23/h3-4,7,10,13,16H,5-6,8-9,11-12,14H2,1-2H3,(H,25,26). The Morgan fingerprint density at radius 3 is 2.66 bits per heavy atom. The summed E-state index contributed by atoms with van der Waals surface area (Å²) in [6.45, 7) is 1.99. The predicted octanol–water partition coefficient (Wildman–Crippen LogP) is 4.52. The fourth-order valence-corrected chi connectivity index (χ4v) is 5.47. The second-order valence-electron chi connectivity index (χ2n) is 8.16. The Hall–Kier alpha value is -2.11. The maximum atomic E-state index is 5.89. The van der Waals surface area contributed by atoms with Crippen LogP contribution in [0.25, 0.3) is 10.9 Å². The molecule has 2 fully saturated rings. The second-order valence-corrected chi connectivity index (χ2v) is 9.18. The summed E-state index contributed by atoms with van der Waals surface area (Å²) in [5.74, 6) is 2.01. The average molecular weight is 550 g/mol. The van der Waals surface area contributed by atoms with E-state index >= 15 is 0 Å². The summed E-state index contributed by atoms with van der Waals surface area (Å²) in [5, 5.41) is 9.43. The summed E-state index contributed by atoms with van der Waals surface area (Å²) in [4.78, 5) is 4.61. The van der Waals surface area contributed by atoms with E-state index in [9.17, 15) is 0 Å². The molecule has 0 unspecified atom stereocenters. The number of hydrogen-bond acceptors (Lipinski definition) is 7. The van der Waals surface area contributed by atoms with E-state index in [0.29, 0.717) is 25.8 Å². The molecule has 1 aliphatic heterocycles. The molecule has 1 saturated heterocycles. The van der Waals surface area contributed by atoms with Crippen molar-refractivity contribution in [2.45, 2.75) is 44.1 Å². The Labute approximate surface area is 200 Å². The minimum atomic E-state index is -0.363. The Balaban J connectivity index is 1.37. The number of halogens is 1. The smallest absolute Gasteiger partial charge is 0.168 e. The zero-order chi connectivity index (χ0) is 22.1. The lowest BCUT2D eigenvalue weighted by Crippen LogP contribution is -2.36. The van der Waals surface area contributed by atoms with Gasteiger partial charge in [-0.3, -0.25) is 4.68 Å². The molecule has 3 heterocycles. The van der Waals surface area contributed by atoms with Gasteiger partial charge in [-0.2, -0.15) is 5.10 Å². The lowest BCUT2D eigenvalue weighted by molar-refractivity contribution is -0.181. The number of aromatic nitrogens is 3. The van der Waals surface area contributed by atoms with E-state index in [1.165, 1.54) is 0 Å². The summed E-state index contributed by atoms with van der Waals surface area (Å²) in [6.07, 6.45) is 5.63. The molecule has 0 amide bonds. The fraction of sp³-hybridized carbons (Fsp3) is 0.478. The van der Waals surface area contributed by atoms with Gasteiger partial charge in [0, 0.05) is 37.2 Å². The molecule has 32 heavy (non-hydrogen) atoms. The zero-order valence-corrected chi connectivity index (χ0v) is 20.4. The van der Waals surface area contributed by atoms with Crippen LogP contribution < -0.4 is 14.8 Å². The number of methoxy groups -OCH3 is 2. The third kappa shape index (κ3) is 4.01. The average Bonchev–Trinajstić information content (AvgIpc) is 3.43. The number of pyridine rings is 1. The van der Waals surface area contributed by atoms with E-state index in [4.69, 9.17) is 24.0 Å². The molecule has 1 aromatic carbocycles. The zero-order valence-electron chi connectivity index (χ0n) is 18.3. The van der Waals surface area contributed by atoms with Crippen LogP contribution in [0.2, 0.25) is 0 Å². The maximum Gasteiger partial charge on any atom is 0.168 e. The first-order valence-corrected chi connectivity index (χ1v) is 12.0. The summed E-state index contributed by atoms with van der Waals surface area (Å²) in [5.41, 5.74) is 2.13. The molecule has 1 saturated carbocycles. The Morgan fingerprint density at radius 1 is 1.16 bits per heavy atom. The first kappa shape index (κ1) is 21.7. The molecule has 2 aliphatic rings. The third-order valence-corrected chi connectivity index (χ3v) is 7.15. The van der Waals surface area contributed by atoms with Crippen molar-refractivity contribution in [1.29, 1.82) is 0 Å². The first-order valence-electron chi connectivity index (χ1n) is 10.9. The van der Waals surface area contributed by atoms with Crippen LogP contribution in [-0.4, -0.2) is 48.0 Å². The van der Waals surface area contributed by atoms with E-state index < -0.39 is 0 Å². The number of nitrogens with one attached hydrogen (secondary N) is 1. The molecule has 1 spiro atoms. The molecular formula is C23H27IN4O4. The van der Waals surface area contributed by atoms with Crippen LogP contribution in [0.15, 0.2) is 30.5 Å². The monoisotopic (exact) mass is 550 g/mol. The Morgan fingerprint density at radius 2 is 1.94 bits per heavy atom. The van der Waals surface area contributed by atoms with Gasteiger partial charge in [-0.15, -0.1) is 0 Å². The first-order chi connectivity index (χ1) is 15.6. The molecule has 1 N–H and O–H groups in total. The van der Waals surface area contributed by atoms with Crippen LogP contribution in [0.3, 0.4) is 0 Å². The molecule has 9 heteroatoms. The molecule has 0 bridgehead atoms. The highest BCUT2D eigenvalue weighted by molar-refractivity contribution is 14.1. The van der Waals surface area contributed by atoms with Gasteiger partial charge in [0.25, 0.3) is 0 Å². The second kappa shape index (κ2) is 9.03. The van der Waals surface area contributed by atoms with Crippen molar-refractivity contribution in [3.05, 3.63) is 39.7 Å². The number of nitrogens with zero attached hydrogens (tertiary/aromatic N) is 3. The number of fused-ring (bicyclic) bond motifs is 1. The molecule has 0 radical (unpaired) electrons. The van der Waals surface area contributed by atoms with Gasteiger partial charge in [0.05, 0.1) is 44.4 Å². The quantitative estimate of drug-likeness (QED) is 0.452. The molecule has 1 aliphatic carbocycles. The van der Waals surface area contributed by atoms with Gasteiger partial charge in [0.1, 0.15) is 21.0 Å². The highest BCUT2D eigenvalue weighted by atomic mass is 127. The Kier molecular flexibility index (Phi) is 6.13. The van der Waals surface area contributed by atoms with E-state index in [0.717, 1.165) is 63.2 Å². The normalized spacial score (nSPS) is 18.3. The SMILES string of the molecule is COc1ccc(CNc2nccc3c2c(I)nn3C2CCC3(CC2)OCCO3)c(OC)c1. The van der Waals surface area contributed by atoms with E-state index in [1.54, 1.807) is 14.2 Å². The van der Waals surface area contributed by atoms with Crippen molar-refractivity contribution in [2.24, 2.45) is 0 Å². The minimum Gasteiger partial charge on any atom is -0.497 e. The highest BCUT2D eigenvalue weighted by Crippen LogP contribution is 2.41. The predicted molar refractivity (Wildman–Crippen MR) is 129 cm³/mol. The van der Waals surface area contributed by atoms with Crippen LogP contribution in [-0.2, 0) is 16.0 Å². The maximum absolute atomic E-state index is 5.89. The van der Waals surface area contributed by atoms with Crippen molar-refractivity contribution in [1.82, 2.24) is 14.8 Å². The lowest BCUT2D eigenvalue weighted by Gasteiger charge is -2.35.